The van der Waals surface area contributed by atoms with Crippen molar-refractivity contribution in [3.63, 3.8) is 0 Å². The number of nitrogens with two attached hydrogens (primary N) is 1. The van der Waals surface area contributed by atoms with Gasteiger partial charge in [-0.2, -0.15) is 0 Å². The molecule has 2 aromatic carbocycles. The minimum Gasteiger partial charge on any atom is -0.455 e. The molecule has 94 valence electrons. The van der Waals surface area contributed by atoms with Gasteiger partial charge in [0.25, 0.3) is 0 Å². The topological polar surface area (TPSA) is 55.5 Å². The lowest BCUT2D eigenvalue weighted by atomic mass is 10.2. The lowest BCUT2D eigenvalue weighted by molar-refractivity contribution is 0.276. The highest BCUT2D eigenvalue weighted by atomic mass is 35.5. The van der Waals surface area contributed by atoms with Crippen LogP contribution < -0.4 is 10.5 Å². The second-order valence-corrected chi connectivity index (χ2v) is 4.21. The van der Waals surface area contributed by atoms with E-state index in [-0.39, 0.29) is 6.61 Å². The van der Waals surface area contributed by atoms with Gasteiger partial charge < -0.3 is 15.6 Å². The van der Waals surface area contributed by atoms with Gasteiger partial charge in [0.15, 0.2) is 0 Å². The van der Waals surface area contributed by atoms with Crippen LogP contribution in [0.2, 0.25) is 5.02 Å². The van der Waals surface area contributed by atoms with E-state index in [0.29, 0.717) is 28.6 Å². The van der Waals surface area contributed by atoms with Crippen LogP contribution in [0.5, 0.6) is 11.5 Å². The Labute approximate surface area is 111 Å². The van der Waals surface area contributed by atoms with E-state index < -0.39 is 0 Å². The summed E-state index contributed by atoms with van der Waals surface area (Å²) in [6.07, 6.45) is 0. The molecule has 0 aromatic heterocycles. The van der Waals surface area contributed by atoms with E-state index in [4.69, 9.17) is 22.1 Å². The number of benzene rings is 2. The molecule has 0 radical (unpaired) electrons. The molecule has 18 heavy (non-hydrogen) atoms. The predicted octanol–water partition coefficient (Wildman–Crippen LogP) is 3.08. The monoisotopic (exact) mass is 263 g/mol. The maximum absolute atomic E-state index is 9.25. The molecule has 3 nitrogen and oxygen atoms in total. The number of para-hydroxylation sites is 2. The fourth-order valence-electron chi connectivity index (χ4n) is 1.67. The van der Waals surface area contributed by atoms with Gasteiger partial charge in [0, 0.05) is 17.7 Å². The quantitative estimate of drug-likeness (QED) is 0.891. The van der Waals surface area contributed by atoms with Crippen LogP contribution in [0, 0.1) is 0 Å². The minimum atomic E-state index is -0.0847. The van der Waals surface area contributed by atoms with Crippen LogP contribution in [0.15, 0.2) is 42.5 Å². The third kappa shape index (κ3) is 2.64. The smallest absolute Gasteiger partial charge is 0.150 e. The zero-order chi connectivity index (χ0) is 13.0. The van der Waals surface area contributed by atoms with Crippen LogP contribution in [0.3, 0.4) is 0 Å². The van der Waals surface area contributed by atoms with Crippen LogP contribution in [0.25, 0.3) is 0 Å². The highest BCUT2D eigenvalue weighted by Gasteiger charge is 2.10. The molecule has 0 spiro atoms. The van der Waals surface area contributed by atoms with Crippen molar-refractivity contribution in [1.82, 2.24) is 0 Å². The highest BCUT2D eigenvalue weighted by Crippen LogP contribution is 2.34. The van der Waals surface area contributed by atoms with Crippen molar-refractivity contribution in [2.75, 3.05) is 0 Å². The molecular weight excluding hydrogens is 250 g/mol. The summed E-state index contributed by atoms with van der Waals surface area (Å²) in [7, 11) is 0. The van der Waals surface area contributed by atoms with Crippen molar-refractivity contribution in [3.8, 4) is 11.5 Å². The average molecular weight is 264 g/mol. The van der Waals surface area contributed by atoms with Crippen molar-refractivity contribution in [3.05, 3.63) is 58.6 Å². The first-order chi connectivity index (χ1) is 8.76. The molecule has 2 aromatic rings. The Kier molecular flexibility index (Phi) is 4.20. The third-order valence-corrected chi connectivity index (χ3v) is 2.92. The molecule has 3 N–H and O–H groups in total. The van der Waals surface area contributed by atoms with Crippen molar-refractivity contribution in [1.29, 1.82) is 0 Å². The maximum Gasteiger partial charge on any atom is 0.150 e. The minimum absolute atomic E-state index is 0.0847. The largest absolute Gasteiger partial charge is 0.455 e. The molecule has 0 atom stereocenters. The number of hydrogen-bond acceptors (Lipinski definition) is 3. The Hall–Kier alpha value is -1.55. The maximum atomic E-state index is 9.25. The Balaban J connectivity index is 2.39. The fourth-order valence-corrected chi connectivity index (χ4v) is 1.91. The van der Waals surface area contributed by atoms with Crippen LogP contribution in [-0.4, -0.2) is 5.11 Å². The first kappa shape index (κ1) is 12.9. The predicted molar refractivity (Wildman–Crippen MR) is 71.8 cm³/mol. The highest BCUT2D eigenvalue weighted by molar-refractivity contribution is 6.32. The third-order valence-electron chi connectivity index (χ3n) is 2.62. The summed E-state index contributed by atoms with van der Waals surface area (Å²) in [5, 5.41) is 9.76. The molecule has 4 heteroatoms. The van der Waals surface area contributed by atoms with Crippen molar-refractivity contribution >= 4 is 11.6 Å². The van der Waals surface area contributed by atoms with Gasteiger partial charge in [-0.3, -0.25) is 0 Å². The lowest BCUT2D eigenvalue weighted by Gasteiger charge is -2.13. The molecule has 0 aliphatic heterocycles. The van der Waals surface area contributed by atoms with Gasteiger partial charge in [-0.15, -0.1) is 0 Å². The Morgan fingerprint density at radius 3 is 2.50 bits per heavy atom. The van der Waals surface area contributed by atoms with Crippen molar-refractivity contribution in [2.24, 2.45) is 5.73 Å². The second-order valence-electron chi connectivity index (χ2n) is 3.80. The van der Waals surface area contributed by atoms with E-state index in [0.717, 1.165) is 5.56 Å². The van der Waals surface area contributed by atoms with E-state index >= 15 is 0 Å². The molecule has 0 unspecified atom stereocenters. The molecule has 0 saturated carbocycles. The van der Waals surface area contributed by atoms with Gasteiger partial charge in [0.1, 0.15) is 11.5 Å². The standard InChI is InChI=1S/C14H14ClNO2/c15-12-6-3-5-10(8-16)14(12)18-13-7-2-1-4-11(13)9-17/h1-7,17H,8-9,16H2. The number of aliphatic hydroxyl groups excluding tert-OH is 1. The molecular formula is C14H14ClNO2. The van der Waals surface area contributed by atoms with Gasteiger partial charge in [0.05, 0.1) is 11.6 Å². The molecule has 2 rings (SSSR count). The van der Waals surface area contributed by atoms with Crippen molar-refractivity contribution < 1.29 is 9.84 Å². The summed E-state index contributed by atoms with van der Waals surface area (Å²) in [6, 6.07) is 12.7. The molecule has 0 aliphatic carbocycles. The molecule has 0 fully saturated rings. The SMILES string of the molecule is NCc1cccc(Cl)c1Oc1ccccc1CO. The van der Waals surface area contributed by atoms with E-state index in [1.807, 2.05) is 24.3 Å². The van der Waals surface area contributed by atoms with Gasteiger partial charge >= 0.3 is 0 Å². The average Bonchev–Trinajstić information content (AvgIpc) is 2.41. The zero-order valence-corrected chi connectivity index (χ0v) is 10.5. The van der Waals surface area contributed by atoms with Crippen molar-refractivity contribution in [2.45, 2.75) is 13.2 Å². The van der Waals surface area contributed by atoms with Crippen LogP contribution in [0.1, 0.15) is 11.1 Å². The van der Waals surface area contributed by atoms with Gasteiger partial charge in [-0.25, -0.2) is 0 Å². The van der Waals surface area contributed by atoms with Crippen LogP contribution in [0.4, 0.5) is 0 Å². The molecule has 0 saturated heterocycles. The first-order valence-corrected chi connectivity index (χ1v) is 5.98. The summed E-state index contributed by atoms with van der Waals surface area (Å²) in [5.41, 5.74) is 7.19. The van der Waals surface area contributed by atoms with E-state index in [1.54, 1.807) is 18.2 Å². The number of halogens is 1. The normalized spacial score (nSPS) is 10.4. The number of rotatable bonds is 4. The molecule has 0 amide bonds. The van der Waals surface area contributed by atoms with Gasteiger partial charge in [-0.1, -0.05) is 41.9 Å². The Bertz CT molecular complexity index is 543. The summed E-state index contributed by atoms with van der Waals surface area (Å²) in [6.45, 7) is 0.260. The molecule has 0 aliphatic rings. The second kappa shape index (κ2) is 5.87. The lowest BCUT2D eigenvalue weighted by Crippen LogP contribution is -2.01. The molecule has 0 bridgehead atoms. The van der Waals surface area contributed by atoms with Gasteiger partial charge in [0.2, 0.25) is 0 Å². The van der Waals surface area contributed by atoms with E-state index in [9.17, 15) is 5.11 Å². The molecule has 0 heterocycles. The van der Waals surface area contributed by atoms with Crippen LogP contribution in [-0.2, 0) is 13.2 Å². The summed E-state index contributed by atoms with van der Waals surface area (Å²) in [4.78, 5) is 0. The number of hydrogen-bond donors (Lipinski definition) is 2. The first-order valence-electron chi connectivity index (χ1n) is 5.60. The zero-order valence-electron chi connectivity index (χ0n) is 9.77. The Morgan fingerprint density at radius 2 is 1.78 bits per heavy atom. The number of aliphatic hydroxyl groups is 1. The van der Waals surface area contributed by atoms with E-state index in [2.05, 4.69) is 0 Å². The van der Waals surface area contributed by atoms with Crippen LogP contribution >= 0.6 is 11.6 Å². The number of ether oxygens (including phenoxy) is 1. The Morgan fingerprint density at radius 1 is 1.06 bits per heavy atom. The summed E-state index contributed by atoms with van der Waals surface area (Å²) in [5.74, 6) is 1.13. The summed E-state index contributed by atoms with van der Waals surface area (Å²) < 4.78 is 5.78. The van der Waals surface area contributed by atoms with E-state index in [1.165, 1.54) is 0 Å². The summed E-state index contributed by atoms with van der Waals surface area (Å²) >= 11 is 6.11. The fraction of sp³-hybridized carbons (Fsp3) is 0.143. The van der Waals surface area contributed by atoms with Gasteiger partial charge in [-0.05, 0) is 12.1 Å².